The molecule has 1 N–H and O–H groups in total. The molecule has 0 radical (unpaired) electrons. The number of carbonyl (C=O) groups excluding carboxylic acids is 2. The number of carbonyl (C=O) groups is 2. The molecule has 0 aliphatic carbocycles. The summed E-state index contributed by atoms with van der Waals surface area (Å²) in [6.07, 6.45) is 3.15. The molecule has 1 atom stereocenters. The Morgan fingerprint density at radius 1 is 1.00 bits per heavy atom. The molecule has 1 aliphatic heterocycles. The van der Waals surface area contributed by atoms with Gasteiger partial charge in [-0.2, -0.15) is 10.2 Å². The van der Waals surface area contributed by atoms with Crippen LogP contribution in [0.1, 0.15) is 46.2 Å². The fourth-order valence-corrected chi connectivity index (χ4v) is 4.99. The third kappa shape index (κ3) is 5.20. The number of aromatic nitrogens is 4. The lowest BCUT2D eigenvalue weighted by atomic mass is 10.1. The third-order valence-electron chi connectivity index (χ3n) is 5.45. The molecular formula is C23H22I2N4O5. The third-order valence-corrected chi connectivity index (χ3v) is 7.07. The van der Waals surface area contributed by atoms with Gasteiger partial charge in [-0.25, -0.2) is 14.3 Å². The lowest BCUT2D eigenvalue weighted by molar-refractivity contribution is -0.0368. The van der Waals surface area contributed by atoms with Crippen LogP contribution in [0.3, 0.4) is 0 Å². The summed E-state index contributed by atoms with van der Waals surface area (Å²) >= 11 is 4.34. The summed E-state index contributed by atoms with van der Waals surface area (Å²) < 4.78 is 18.9. The molecule has 5 rings (SSSR count). The van der Waals surface area contributed by atoms with Crippen LogP contribution >= 0.6 is 45.2 Å². The van der Waals surface area contributed by atoms with Crippen molar-refractivity contribution in [1.82, 2.24) is 20.0 Å². The van der Waals surface area contributed by atoms with E-state index in [0.29, 0.717) is 11.1 Å². The van der Waals surface area contributed by atoms with Gasteiger partial charge in [0.1, 0.15) is 7.40 Å². The van der Waals surface area contributed by atoms with Gasteiger partial charge in [0.05, 0.1) is 36.4 Å². The maximum Gasteiger partial charge on any atom is 0.337 e. The second kappa shape index (κ2) is 11.0. The van der Waals surface area contributed by atoms with Crippen LogP contribution in [0.5, 0.6) is 0 Å². The summed E-state index contributed by atoms with van der Waals surface area (Å²) in [5, 5.41) is 13.5. The number of nitrogens with one attached hydrogen (secondary N) is 1. The van der Waals surface area contributed by atoms with E-state index in [0.717, 1.165) is 55.1 Å². The number of methoxy groups -OCH3 is 2. The normalized spacial score (nSPS) is 15.6. The Morgan fingerprint density at radius 2 is 1.68 bits per heavy atom. The van der Waals surface area contributed by atoms with Gasteiger partial charge >= 0.3 is 11.9 Å². The Hall–Kier alpha value is -2.26. The van der Waals surface area contributed by atoms with Crippen molar-refractivity contribution < 1.29 is 23.8 Å². The lowest BCUT2D eigenvalue weighted by Gasteiger charge is -2.23. The maximum atomic E-state index is 11.7. The largest absolute Gasteiger partial charge is 0.465 e. The second-order valence-corrected chi connectivity index (χ2v) is 9.59. The van der Waals surface area contributed by atoms with Gasteiger partial charge in [-0.3, -0.25) is 5.10 Å². The second-order valence-electron chi connectivity index (χ2n) is 7.55. The Bertz CT molecular complexity index is 1340. The molecule has 1 saturated heterocycles. The number of hydrogen-bond donors (Lipinski definition) is 1. The fourth-order valence-electron chi connectivity index (χ4n) is 3.71. The molecule has 4 aromatic rings. The number of rotatable bonds is 3. The minimum Gasteiger partial charge on any atom is -0.465 e. The maximum absolute atomic E-state index is 11.7. The molecule has 0 spiro atoms. The molecule has 11 heteroatoms. The van der Waals surface area contributed by atoms with E-state index in [1.807, 2.05) is 22.9 Å². The first kappa shape index (κ1) is 24.9. The number of esters is 2. The molecule has 9 nitrogen and oxygen atoms in total. The first-order chi connectivity index (χ1) is 16.4. The van der Waals surface area contributed by atoms with E-state index >= 15 is 0 Å². The van der Waals surface area contributed by atoms with Crippen LogP contribution in [0, 0.1) is 7.40 Å². The molecule has 0 saturated carbocycles. The number of fused-ring (bicyclic) bond motifs is 2. The van der Waals surface area contributed by atoms with Gasteiger partial charge in [0.2, 0.25) is 0 Å². The van der Waals surface area contributed by atoms with Crippen molar-refractivity contribution in [2.75, 3.05) is 20.8 Å². The summed E-state index contributed by atoms with van der Waals surface area (Å²) in [5.41, 5.74) is 2.83. The SMILES string of the molecule is COC(=O)c1ccc2c(I)n[nH]c2c1.COC(=O)c1ccc2c(I)nn(C3CCCCO3)c2c1. The van der Waals surface area contributed by atoms with Gasteiger partial charge in [-0.1, -0.05) is 0 Å². The first-order valence-electron chi connectivity index (χ1n) is 10.5. The van der Waals surface area contributed by atoms with E-state index in [1.165, 1.54) is 14.2 Å². The van der Waals surface area contributed by atoms with Gasteiger partial charge in [-0.15, -0.1) is 0 Å². The smallest absolute Gasteiger partial charge is 0.337 e. The van der Waals surface area contributed by atoms with Crippen molar-refractivity contribution in [1.29, 1.82) is 0 Å². The first-order valence-corrected chi connectivity index (χ1v) is 12.7. The van der Waals surface area contributed by atoms with Crippen LogP contribution in [0.15, 0.2) is 36.4 Å². The molecule has 178 valence electrons. The molecule has 0 bridgehead atoms. The Balaban J connectivity index is 0.000000172. The van der Waals surface area contributed by atoms with Crippen molar-refractivity contribution >= 4 is 78.9 Å². The van der Waals surface area contributed by atoms with Crippen LogP contribution < -0.4 is 0 Å². The van der Waals surface area contributed by atoms with Crippen molar-refractivity contribution in [3.63, 3.8) is 0 Å². The van der Waals surface area contributed by atoms with E-state index in [4.69, 9.17) is 9.47 Å². The number of halogens is 2. The fraction of sp³-hybridized carbons (Fsp3) is 0.304. The molecule has 1 fully saturated rings. The summed E-state index contributed by atoms with van der Waals surface area (Å²) in [4.78, 5) is 22.9. The zero-order chi connectivity index (χ0) is 24.2. The molecule has 2 aromatic heterocycles. The van der Waals surface area contributed by atoms with E-state index in [2.05, 4.69) is 65.2 Å². The predicted octanol–water partition coefficient (Wildman–Crippen LogP) is 5.08. The van der Waals surface area contributed by atoms with Crippen LogP contribution in [0.4, 0.5) is 0 Å². The van der Waals surface area contributed by atoms with Crippen molar-refractivity contribution in [2.45, 2.75) is 25.5 Å². The number of aromatic amines is 1. The number of ether oxygens (including phenoxy) is 3. The highest BCUT2D eigenvalue weighted by atomic mass is 127. The molecular weight excluding hydrogens is 666 g/mol. The van der Waals surface area contributed by atoms with Gasteiger partial charge < -0.3 is 14.2 Å². The van der Waals surface area contributed by atoms with Gasteiger partial charge in [0, 0.05) is 17.4 Å². The van der Waals surface area contributed by atoms with Crippen molar-refractivity contribution in [3.8, 4) is 0 Å². The van der Waals surface area contributed by atoms with Gasteiger partial charge in [0.25, 0.3) is 0 Å². The van der Waals surface area contributed by atoms with E-state index in [9.17, 15) is 9.59 Å². The zero-order valence-electron chi connectivity index (χ0n) is 18.5. The number of benzene rings is 2. The highest BCUT2D eigenvalue weighted by molar-refractivity contribution is 14.1. The number of H-pyrrole nitrogens is 1. The average Bonchev–Trinajstić information content (AvgIpc) is 3.42. The summed E-state index contributed by atoms with van der Waals surface area (Å²) in [7, 11) is 2.75. The van der Waals surface area contributed by atoms with Crippen LogP contribution in [0.25, 0.3) is 21.8 Å². The molecule has 2 aromatic carbocycles. The zero-order valence-corrected chi connectivity index (χ0v) is 22.8. The van der Waals surface area contributed by atoms with Gasteiger partial charge in [-0.05, 0) is 101 Å². The standard InChI is InChI=1S/C14H15IN2O3.C9H7IN2O2/c1-19-14(18)9-5-6-10-11(8-9)17(16-13(10)15)12-4-2-3-7-20-12;1-14-9(13)5-2-3-6-7(4-5)11-12-8(6)10/h5-6,8,12H,2-4,7H2,1H3;2-4H,1H3,(H,11,12). The van der Waals surface area contributed by atoms with Gasteiger partial charge in [0.15, 0.2) is 6.23 Å². The molecule has 0 amide bonds. The van der Waals surface area contributed by atoms with E-state index in [1.54, 1.807) is 18.2 Å². The Morgan fingerprint density at radius 3 is 2.32 bits per heavy atom. The quantitative estimate of drug-likeness (QED) is 0.237. The summed E-state index contributed by atoms with van der Waals surface area (Å²) in [5.74, 6) is -0.671. The minimum absolute atomic E-state index is 0.0392. The van der Waals surface area contributed by atoms with E-state index in [-0.39, 0.29) is 18.2 Å². The lowest BCUT2D eigenvalue weighted by Crippen LogP contribution is -2.19. The Kier molecular flexibility index (Phi) is 8.03. The van der Waals surface area contributed by atoms with E-state index < -0.39 is 0 Å². The van der Waals surface area contributed by atoms with Crippen LogP contribution in [-0.4, -0.2) is 52.7 Å². The monoisotopic (exact) mass is 688 g/mol. The number of nitrogens with zero attached hydrogens (tertiary/aromatic N) is 3. The van der Waals surface area contributed by atoms with Crippen molar-refractivity contribution in [3.05, 3.63) is 54.9 Å². The molecule has 1 aliphatic rings. The summed E-state index contributed by atoms with van der Waals surface area (Å²) in [6.45, 7) is 0.763. The highest BCUT2D eigenvalue weighted by Gasteiger charge is 2.21. The highest BCUT2D eigenvalue weighted by Crippen LogP contribution is 2.29. The number of hydrogen-bond acceptors (Lipinski definition) is 7. The summed E-state index contributed by atoms with van der Waals surface area (Å²) in [6, 6.07) is 10.8. The topological polar surface area (TPSA) is 108 Å². The minimum atomic E-state index is -0.337. The molecule has 3 heterocycles. The average molecular weight is 688 g/mol. The van der Waals surface area contributed by atoms with Crippen molar-refractivity contribution in [2.24, 2.45) is 0 Å². The predicted molar refractivity (Wildman–Crippen MR) is 143 cm³/mol. The molecule has 1 unspecified atom stereocenters. The Labute approximate surface area is 222 Å². The van der Waals surface area contributed by atoms with Crippen LogP contribution in [-0.2, 0) is 14.2 Å². The van der Waals surface area contributed by atoms with Crippen LogP contribution in [0.2, 0.25) is 0 Å². The molecule has 34 heavy (non-hydrogen) atoms.